The second-order valence-corrected chi connectivity index (χ2v) is 6.20. The lowest BCUT2D eigenvalue weighted by atomic mass is 9.99. The van der Waals surface area contributed by atoms with Crippen LogP contribution >= 0.6 is 0 Å². The van der Waals surface area contributed by atoms with Gasteiger partial charge in [-0.25, -0.2) is 4.79 Å². The van der Waals surface area contributed by atoms with Gasteiger partial charge in [-0.1, -0.05) is 30.3 Å². The number of hydrogen-bond acceptors (Lipinski definition) is 2. The van der Waals surface area contributed by atoms with E-state index in [1.165, 1.54) is 5.56 Å². The summed E-state index contributed by atoms with van der Waals surface area (Å²) in [6.07, 6.45) is 3.41. The molecule has 0 spiro atoms. The van der Waals surface area contributed by atoms with Crippen LogP contribution in [-0.2, 0) is 11.2 Å². The summed E-state index contributed by atoms with van der Waals surface area (Å²) in [5.74, 6) is 0.533. The van der Waals surface area contributed by atoms with Gasteiger partial charge in [0.1, 0.15) is 0 Å². The minimum Gasteiger partial charge on any atom is -0.351 e. The van der Waals surface area contributed by atoms with Gasteiger partial charge >= 0.3 is 6.03 Å². The third kappa shape index (κ3) is 3.59. The third-order valence-electron chi connectivity index (χ3n) is 4.59. The largest absolute Gasteiger partial charge is 0.351 e. The van der Waals surface area contributed by atoms with Crippen molar-refractivity contribution in [1.29, 1.82) is 0 Å². The normalized spacial score (nSPS) is 24.4. The molecule has 2 aliphatic heterocycles. The molecule has 3 amide bonds. The van der Waals surface area contributed by atoms with E-state index in [0.29, 0.717) is 25.4 Å². The first kappa shape index (κ1) is 14.9. The first-order valence-corrected chi connectivity index (χ1v) is 8.08. The van der Waals surface area contributed by atoms with Crippen molar-refractivity contribution in [3.63, 3.8) is 0 Å². The molecule has 2 saturated heterocycles. The minimum atomic E-state index is -0.0155. The molecule has 22 heavy (non-hydrogen) atoms. The molecule has 0 aliphatic carbocycles. The Hall–Kier alpha value is -2.04. The zero-order chi connectivity index (χ0) is 15.4. The Morgan fingerprint density at radius 1 is 1.27 bits per heavy atom. The van der Waals surface area contributed by atoms with Gasteiger partial charge in [-0.15, -0.1) is 0 Å². The smallest absolute Gasteiger partial charge is 0.317 e. The van der Waals surface area contributed by atoms with Crippen LogP contribution in [0.15, 0.2) is 30.3 Å². The number of carbonyl (C=O) groups is 2. The molecule has 5 heteroatoms. The van der Waals surface area contributed by atoms with E-state index in [2.05, 4.69) is 22.8 Å². The molecular weight excluding hydrogens is 278 g/mol. The maximum Gasteiger partial charge on any atom is 0.317 e. The quantitative estimate of drug-likeness (QED) is 0.889. The summed E-state index contributed by atoms with van der Waals surface area (Å²) in [5, 5.41) is 6.03. The molecule has 2 fully saturated rings. The van der Waals surface area contributed by atoms with E-state index in [4.69, 9.17) is 0 Å². The van der Waals surface area contributed by atoms with E-state index in [1.54, 1.807) is 0 Å². The zero-order valence-corrected chi connectivity index (χ0v) is 12.8. The highest BCUT2D eigenvalue weighted by molar-refractivity contribution is 5.77. The third-order valence-corrected chi connectivity index (χ3v) is 4.59. The van der Waals surface area contributed by atoms with E-state index >= 15 is 0 Å². The Bertz CT molecular complexity index is 532. The van der Waals surface area contributed by atoms with Crippen LogP contribution in [0.2, 0.25) is 0 Å². The van der Waals surface area contributed by atoms with E-state index in [0.717, 1.165) is 25.8 Å². The Labute approximate surface area is 131 Å². The SMILES string of the molecule is O=C1CCC[C@@H]2CN(C(=O)NCCc3ccccc3)C[C@@H]2N1. The lowest BCUT2D eigenvalue weighted by Crippen LogP contribution is -2.42. The summed E-state index contributed by atoms with van der Waals surface area (Å²) in [6, 6.07) is 10.3. The number of likely N-dealkylation sites (tertiary alicyclic amines) is 1. The standard InChI is InChI=1S/C17H23N3O2/c21-16-8-4-7-14-11-20(12-15(14)19-16)17(22)18-10-9-13-5-2-1-3-6-13/h1-3,5-6,14-15H,4,7-12H2,(H,18,22)(H,19,21)/t14-,15+/m1/s1. The van der Waals surface area contributed by atoms with Gasteiger partial charge in [-0.2, -0.15) is 0 Å². The number of hydrogen-bond donors (Lipinski definition) is 2. The van der Waals surface area contributed by atoms with Gasteiger partial charge < -0.3 is 15.5 Å². The van der Waals surface area contributed by atoms with E-state index in [-0.39, 0.29) is 18.0 Å². The number of carbonyl (C=O) groups excluding carboxylic acids is 2. The van der Waals surface area contributed by atoms with Crippen molar-refractivity contribution in [2.75, 3.05) is 19.6 Å². The molecule has 2 atom stereocenters. The number of rotatable bonds is 3. The van der Waals surface area contributed by atoms with E-state index < -0.39 is 0 Å². The van der Waals surface area contributed by atoms with Crippen molar-refractivity contribution in [1.82, 2.24) is 15.5 Å². The second-order valence-electron chi connectivity index (χ2n) is 6.20. The van der Waals surface area contributed by atoms with Crippen LogP contribution in [0.3, 0.4) is 0 Å². The maximum atomic E-state index is 12.2. The molecule has 3 rings (SSSR count). The number of benzene rings is 1. The first-order chi connectivity index (χ1) is 10.7. The van der Waals surface area contributed by atoms with Crippen molar-refractivity contribution in [2.24, 2.45) is 5.92 Å². The Balaban J connectivity index is 1.46. The van der Waals surface area contributed by atoms with Crippen molar-refractivity contribution in [2.45, 2.75) is 31.7 Å². The average molecular weight is 301 g/mol. The predicted octanol–water partition coefficient (Wildman–Crippen LogP) is 1.54. The lowest BCUT2D eigenvalue weighted by molar-refractivity contribution is -0.121. The molecule has 1 aromatic carbocycles. The highest BCUT2D eigenvalue weighted by Crippen LogP contribution is 2.25. The monoisotopic (exact) mass is 301 g/mol. The summed E-state index contributed by atoms with van der Waals surface area (Å²) in [5.41, 5.74) is 1.22. The van der Waals surface area contributed by atoms with Crippen LogP contribution in [-0.4, -0.2) is 42.5 Å². The van der Waals surface area contributed by atoms with Crippen LogP contribution in [0.4, 0.5) is 4.79 Å². The first-order valence-electron chi connectivity index (χ1n) is 8.08. The predicted molar refractivity (Wildman–Crippen MR) is 84.4 cm³/mol. The van der Waals surface area contributed by atoms with Crippen molar-refractivity contribution in [3.8, 4) is 0 Å². The van der Waals surface area contributed by atoms with Crippen LogP contribution < -0.4 is 10.6 Å². The van der Waals surface area contributed by atoms with Gasteiger partial charge in [0.2, 0.25) is 5.91 Å². The molecule has 0 saturated carbocycles. The fraction of sp³-hybridized carbons (Fsp3) is 0.529. The fourth-order valence-corrected chi connectivity index (χ4v) is 3.37. The summed E-state index contributed by atoms with van der Waals surface area (Å²) in [7, 11) is 0. The van der Waals surface area contributed by atoms with Gasteiger partial charge in [0.15, 0.2) is 0 Å². The van der Waals surface area contributed by atoms with Crippen molar-refractivity contribution in [3.05, 3.63) is 35.9 Å². The van der Waals surface area contributed by atoms with Crippen molar-refractivity contribution < 1.29 is 9.59 Å². The van der Waals surface area contributed by atoms with Crippen LogP contribution in [0.25, 0.3) is 0 Å². The molecule has 5 nitrogen and oxygen atoms in total. The Morgan fingerprint density at radius 3 is 2.91 bits per heavy atom. The summed E-state index contributed by atoms with van der Waals surface area (Å²) in [4.78, 5) is 25.7. The molecule has 2 aliphatic rings. The van der Waals surface area contributed by atoms with Gasteiger partial charge in [0.05, 0.1) is 6.04 Å². The van der Waals surface area contributed by atoms with E-state index in [1.807, 2.05) is 23.1 Å². The highest BCUT2D eigenvalue weighted by Gasteiger charge is 2.37. The topological polar surface area (TPSA) is 61.4 Å². The summed E-state index contributed by atoms with van der Waals surface area (Å²) >= 11 is 0. The molecule has 118 valence electrons. The fourth-order valence-electron chi connectivity index (χ4n) is 3.37. The van der Waals surface area contributed by atoms with Gasteiger partial charge in [0.25, 0.3) is 0 Å². The molecule has 2 N–H and O–H groups in total. The Kier molecular flexibility index (Phi) is 4.61. The van der Waals surface area contributed by atoms with Crippen LogP contribution in [0.5, 0.6) is 0 Å². The highest BCUT2D eigenvalue weighted by atomic mass is 16.2. The van der Waals surface area contributed by atoms with Gasteiger partial charge in [-0.05, 0) is 30.7 Å². The molecule has 1 aromatic rings. The average Bonchev–Trinajstić information content (AvgIpc) is 2.83. The number of amides is 3. The number of urea groups is 1. The van der Waals surface area contributed by atoms with Gasteiger partial charge in [-0.3, -0.25) is 4.79 Å². The van der Waals surface area contributed by atoms with Crippen LogP contribution in [0, 0.1) is 5.92 Å². The molecule has 2 heterocycles. The number of nitrogens with one attached hydrogen (secondary N) is 2. The minimum absolute atomic E-state index is 0.0155. The molecule has 0 bridgehead atoms. The van der Waals surface area contributed by atoms with Gasteiger partial charge in [0, 0.05) is 26.1 Å². The summed E-state index contributed by atoms with van der Waals surface area (Å²) in [6.45, 7) is 2.02. The Morgan fingerprint density at radius 2 is 2.09 bits per heavy atom. The molecule has 0 radical (unpaired) electrons. The van der Waals surface area contributed by atoms with E-state index in [9.17, 15) is 9.59 Å². The number of nitrogens with zero attached hydrogens (tertiary/aromatic N) is 1. The van der Waals surface area contributed by atoms with Crippen molar-refractivity contribution >= 4 is 11.9 Å². The molecule has 0 unspecified atom stereocenters. The molecule has 0 aromatic heterocycles. The van der Waals surface area contributed by atoms with Crippen LogP contribution in [0.1, 0.15) is 24.8 Å². The molecular formula is C17H23N3O2. The number of fused-ring (bicyclic) bond motifs is 1. The second kappa shape index (κ2) is 6.81. The zero-order valence-electron chi connectivity index (χ0n) is 12.8. The lowest BCUT2D eigenvalue weighted by Gasteiger charge is -2.17. The maximum absolute atomic E-state index is 12.2. The summed E-state index contributed by atoms with van der Waals surface area (Å²) < 4.78 is 0.